The van der Waals surface area contributed by atoms with Crippen LogP contribution in [-0.2, 0) is 15.7 Å². The number of rotatable bonds is 2. The molecular weight excluding hydrogens is 277 g/mol. The smallest absolute Gasteiger partial charge is 0.370 e. The van der Waals surface area contributed by atoms with Crippen LogP contribution in [0.5, 0.6) is 0 Å². The van der Waals surface area contributed by atoms with E-state index < -0.39 is 29.8 Å². The van der Waals surface area contributed by atoms with Gasteiger partial charge in [-0.25, -0.2) is 9.69 Å². The Hall–Kier alpha value is -2.09. The van der Waals surface area contributed by atoms with E-state index >= 15 is 0 Å². The van der Waals surface area contributed by atoms with Crippen LogP contribution in [0.15, 0.2) is 24.3 Å². The molecule has 0 bridgehead atoms. The first kappa shape index (κ1) is 14.3. The summed E-state index contributed by atoms with van der Waals surface area (Å²) in [6.07, 6.45) is -5.46. The van der Waals surface area contributed by atoms with Gasteiger partial charge < -0.3 is 10.1 Å². The Kier molecular flexibility index (Phi) is 3.67. The number of amides is 3. The van der Waals surface area contributed by atoms with Crippen molar-refractivity contribution in [1.82, 2.24) is 5.32 Å². The van der Waals surface area contributed by atoms with E-state index in [1.165, 1.54) is 13.2 Å². The van der Waals surface area contributed by atoms with Crippen molar-refractivity contribution in [3.05, 3.63) is 29.8 Å². The van der Waals surface area contributed by atoms with Gasteiger partial charge in [-0.1, -0.05) is 6.07 Å². The van der Waals surface area contributed by atoms with Crippen molar-refractivity contribution in [2.45, 2.75) is 12.3 Å². The third-order valence-corrected chi connectivity index (χ3v) is 2.85. The van der Waals surface area contributed by atoms with Crippen molar-refractivity contribution in [3.8, 4) is 0 Å². The van der Waals surface area contributed by atoms with Crippen molar-refractivity contribution in [1.29, 1.82) is 0 Å². The van der Waals surface area contributed by atoms with Gasteiger partial charge in [-0.15, -0.1) is 0 Å². The van der Waals surface area contributed by atoms with Crippen LogP contribution >= 0.6 is 0 Å². The molecule has 1 aliphatic heterocycles. The molecule has 0 aliphatic carbocycles. The fourth-order valence-corrected chi connectivity index (χ4v) is 1.84. The highest BCUT2D eigenvalue weighted by molar-refractivity contribution is 6.17. The van der Waals surface area contributed by atoms with Crippen LogP contribution in [0.2, 0.25) is 0 Å². The summed E-state index contributed by atoms with van der Waals surface area (Å²) in [5.41, 5.74) is -1.08. The number of hydrogen-bond acceptors (Lipinski definition) is 3. The second kappa shape index (κ2) is 5.12. The molecule has 1 aromatic rings. The van der Waals surface area contributed by atoms with Crippen LogP contribution in [0.3, 0.4) is 0 Å². The maximum atomic E-state index is 12.6. The molecule has 1 atom stereocenters. The maximum Gasteiger partial charge on any atom is 0.416 e. The Labute approximate surface area is 112 Å². The zero-order chi connectivity index (χ0) is 14.9. The van der Waals surface area contributed by atoms with Gasteiger partial charge in [0.15, 0.2) is 6.10 Å². The van der Waals surface area contributed by atoms with E-state index in [2.05, 4.69) is 5.32 Å². The minimum atomic E-state index is -4.55. The lowest BCUT2D eigenvalue weighted by Gasteiger charge is -2.30. The van der Waals surface area contributed by atoms with Gasteiger partial charge in [-0.3, -0.25) is 4.79 Å². The number of anilines is 1. The molecule has 1 saturated heterocycles. The minimum Gasteiger partial charge on any atom is -0.370 e. The highest BCUT2D eigenvalue weighted by atomic mass is 19.4. The van der Waals surface area contributed by atoms with Crippen LogP contribution in [0, 0.1) is 0 Å². The minimum absolute atomic E-state index is 0.0103. The fraction of sp³-hybridized carbons (Fsp3) is 0.333. The molecule has 0 radical (unpaired) electrons. The molecule has 0 aromatic heterocycles. The number of nitrogens with one attached hydrogen (secondary N) is 1. The van der Waals surface area contributed by atoms with Crippen LogP contribution in [0.25, 0.3) is 0 Å². The number of carbonyl (C=O) groups excluding carboxylic acids is 2. The van der Waals surface area contributed by atoms with E-state index in [0.717, 1.165) is 18.2 Å². The predicted molar refractivity (Wildman–Crippen MR) is 63.1 cm³/mol. The van der Waals surface area contributed by atoms with Gasteiger partial charge in [0.25, 0.3) is 5.91 Å². The summed E-state index contributed by atoms with van der Waals surface area (Å²) < 4.78 is 42.8. The number of ether oxygens (including phenoxy) is 1. The Bertz CT molecular complexity index is 545. The molecule has 2 rings (SSSR count). The quantitative estimate of drug-likeness (QED) is 0.902. The summed E-state index contributed by atoms with van der Waals surface area (Å²) in [7, 11) is 1.28. The Morgan fingerprint density at radius 1 is 1.35 bits per heavy atom. The van der Waals surface area contributed by atoms with Crippen LogP contribution in [-0.4, -0.2) is 31.7 Å². The van der Waals surface area contributed by atoms with Gasteiger partial charge in [-0.05, 0) is 18.2 Å². The highest BCUT2D eigenvalue weighted by Crippen LogP contribution is 2.32. The lowest BCUT2D eigenvalue weighted by molar-refractivity contribution is -0.137. The number of imide groups is 1. The van der Waals surface area contributed by atoms with Crippen molar-refractivity contribution >= 4 is 17.6 Å². The first-order valence-electron chi connectivity index (χ1n) is 5.66. The summed E-state index contributed by atoms with van der Waals surface area (Å²) in [5, 5.41) is 2.38. The molecule has 3 amide bonds. The Balaban J connectivity index is 2.39. The van der Waals surface area contributed by atoms with Crippen LogP contribution in [0.1, 0.15) is 5.56 Å². The molecule has 1 aliphatic rings. The number of methoxy groups -OCH3 is 1. The summed E-state index contributed by atoms with van der Waals surface area (Å²) in [6.45, 7) is -0.0103. The average Bonchev–Trinajstić information content (AvgIpc) is 2.38. The van der Waals surface area contributed by atoms with Gasteiger partial charge in [0, 0.05) is 7.11 Å². The molecular formula is C12H11F3N2O3. The van der Waals surface area contributed by atoms with Crippen molar-refractivity contribution in [2.75, 3.05) is 18.6 Å². The standard InChI is InChI=1S/C12H11F3N2O3/c1-20-9-6-16-11(19)17(10(9)18)8-4-2-3-7(5-8)12(13,14)15/h2-5,9H,6H2,1H3,(H,16,19). The zero-order valence-corrected chi connectivity index (χ0v) is 10.4. The zero-order valence-electron chi connectivity index (χ0n) is 10.4. The third kappa shape index (κ3) is 2.60. The first-order chi connectivity index (χ1) is 9.34. The number of halogens is 3. The second-order valence-electron chi connectivity index (χ2n) is 4.13. The number of hydrogen-bond donors (Lipinski definition) is 1. The number of urea groups is 1. The largest absolute Gasteiger partial charge is 0.416 e. The maximum absolute atomic E-state index is 12.6. The van der Waals surface area contributed by atoms with Gasteiger partial charge in [0.05, 0.1) is 17.8 Å². The Morgan fingerprint density at radius 3 is 2.65 bits per heavy atom. The van der Waals surface area contributed by atoms with E-state index in [-0.39, 0.29) is 12.2 Å². The average molecular weight is 288 g/mol. The third-order valence-electron chi connectivity index (χ3n) is 2.85. The van der Waals surface area contributed by atoms with Crippen molar-refractivity contribution in [3.63, 3.8) is 0 Å². The monoisotopic (exact) mass is 288 g/mol. The highest BCUT2D eigenvalue weighted by Gasteiger charge is 2.37. The first-order valence-corrected chi connectivity index (χ1v) is 5.66. The molecule has 1 N–H and O–H groups in total. The molecule has 0 saturated carbocycles. The summed E-state index contributed by atoms with van der Waals surface area (Å²) in [4.78, 5) is 24.3. The van der Waals surface area contributed by atoms with E-state index in [9.17, 15) is 22.8 Å². The van der Waals surface area contributed by atoms with Gasteiger partial charge in [0.1, 0.15) is 0 Å². The molecule has 1 heterocycles. The van der Waals surface area contributed by atoms with Gasteiger partial charge in [-0.2, -0.15) is 13.2 Å². The van der Waals surface area contributed by atoms with E-state index in [1.807, 2.05) is 0 Å². The van der Waals surface area contributed by atoms with Crippen molar-refractivity contribution in [2.24, 2.45) is 0 Å². The van der Waals surface area contributed by atoms with E-state index in [0.29, 0.717) is 4.90 Å². The number of alkyl halides is 3. The molecule has 108 valence electrons. The molecule has 20 heavy (non-hydrogen) atoms. The summed E-state index contributed by atoms with van der Waals surface area (Å²) in [6, 6.07) is 3.22. The number of nitrogens with zero attached hydrogens (tertiary/aromatic N) is 1. The fourth-order valence-electron chi connectivity index (χ4n) is 1.84. The SMILES string of the molecule is COC1CNC(=O)N(c2cccc(C(F)(F)F)c2)C1=O. The van der Waals surface area contributed by atoms with Crippen molar-refractivity contribution < 1.29 is 27.5 Å². The van der Waals surface area contributed by atoms with Gasteiger partial charge in [0.2, 0.25) is 0 Å². The Morgan fingerprint density at radius 2 is 2.05 bits per heavy atom. The predicted octanol–water partition coefficient (Wildman–Crippen LogP) is 1.78. The molecule has 1 unspecified atom stereocenters. The van der Waals surface area contributed by atoms with E-state index in [1.54, 1.807) is 0 Å². The van der Waals surface area contributed by atoms with Gasteiger partial charge >= 0.3 is 12.2 Å². The second-order valence-corrected chi connectivity index (χ2v) is 4.13. The normalized spacial score (nSPS) is 20.0. The molecule has 1 fully saturated rings. The van der Waals surface area contributed by atoms with Crippen LogP contribution < -0.4 is 10.2 Å². The lowest BCUT2D eigenvalue weighted by Crippen LogP contribution is -2.58. The summed E-state index contributed by atoms with van der Waals surface area (Å²) >= 11 is 0. The van der Waals surface area contributed by atoms with Crippen LogP contribution in [0.4, 0.5) is 23.7 Å². The molecule has 1 aromatic carbocycles. The molecule has 5 nitrogen and oxygen atoms in total. The number of carbonyl (C=O) groups is 2. The lowest BCUT2D eigenvalue weighted by atomic mass is 10.1. The molecule has 8 heteroatoms. The summed E-state index contributed by atoms with van der Waals surface area (Å²) in [5.74, 6) is -0.699. The molecule has 0 spiro atoms. The topological polar surface area (TPSA) is 58.6 Å². The number of benzene rings is 1. The van der Waals surface area contributed by atoms with E-state index in [4.69, 9.17) is 4.74 Å².